The highest BCUT2D eigenvalue weighted by Crippen LogP contribution is 2.15. The third-order valence-electron chi connectivity index (χ3n) is 4.28. The summed E-state index contributed by atoms with van der Waals surface area (Å²) in [5, 5.41) is 0.987. The summed E-state index contributed by atoms with van der Waals surface area (Å²) in [5.41, 5.74) is 1.67. The maximum Gasteiger partial charge on any atom is 0.336 e. The van der Waals surface area contributed by atoms with Crippen LogP contribution in [0, 0.1) is 0 Å². The lowest BCUT2D eigenvalue weighted by atomic mass is 10.1. The van der Waals surface area contributed by atoms with E-state index in [-0.39, 0.29) is 5.63 Å². The van der Waals surface area contributed by atoms with Crippen LogP contribution in [0.3, 0.4) is 0 Å². The molecule has 0 atom stereocenters. The molecular weight excluding hydrogens is 286 g/mol. The van der Waals surface area contributed by atoms with Crippen LogP contribution in [0.2, 0.25) is 0 Å². The van der Waals surface area contributed by atoms with Crippen molar-refractivity contribution in [1.29, 1.82) is 0 Å². The number of unbranched alkanes of at least 4 members (excludes halogenated alkanes) is 2. The van der Waals surface area contributed by atoms with Crippen LogP contribution in [0.4, 0.5) is 0 Å². The van der Waals surface area contributed by atoms with Crippen LogP contribution in [-0.2, 0) is 6.42 Å². The van der Waals surface area contributed by atoms with Gasteiger partial charge in [0.1, 0.15) is 5.58 Å². The van der Waals surface area contributed by atoms with E-state index in [0.717, 1.165) is 24.8 Å². The van der Waals surface area contributed by atoms with E-state index in [2.05, 4.69) is 24.8 Å². The molecule has 3 heteroatoms. The molecule has 0 aliphatic carbocycles. The van der Waals surface area contributed by atoms with Crippen molar-refractivity contribution in [3.05, 3.63) is 46.3 Å². The van der Waals surface area contributed by atoms with Crippen molar-refractivity contribution in [3.8, 4) is 0 Å². The summed E-state index contributed by atoms with van der Waals surface area (Å²) in [6.07, 6.45) is 7.26. The SMILES string of the molecule is CCCCN(CCCC)CCCc1ccc2ccc(=O)oc2c1. The number of hydrogen-bond acceptors (Lipinski definition) is 3. The van der Waals surface area contributed by atoms with Gasteiger partial charge in [-0.25, -0.2) is 4.79 Å². The molecule has 0 saturated carbocycles. The summed E-state index contributed by atoms with van der Waals surface area (Å²) >= 11 is 0. The molecule has 3 nitrogen and oxygen atoms in total. The topological polar surface area (TPSA) is 33.5 Å². The Morgan fingerprint density at radius 2 is 1.57 bits per heavy atom. The second-order valence-electron chi connectivity index (χ2n) is 6.28. The minimum absolute atomic E-state index is 0.278. The molecular formula is C20H29NO2. The number of rotatable bonds is 10. The van der Waals surface area contributed by atoms with Gasteiger partial charge in [-0.05, 0) is 63.0 Å². The molecule has 0 spiro atoms. The molecule has 0 N–H and O–H groups in total. The van der Waals surface area contributed by atoms with Gasteiger partial charge in [0.05, 0.1) is 0 Å². The first-order valence-corrected chi connectivity index (χ1v) is 8.98. The Kier molecular flexibility index (Phi) is 7.34. The highest BCUT2D eigenvalue weighted by molar-refractivity contribution is 5.76. The maximum atomic E-state index is 11.3. The lowest BCUT2D eigenvalue weighted by Gasteiger charge is -2.21. The van der Waals surface area contributed by atoms with E-state index in [1.54, 1.807) is 0 Å². The Bertz CT molecular complexity index is 639. The van der Waals surface area contributed by atoms with Gasteiger partial charge < -0.3 is 9.32 Å². The van der Waals surface area contributed by atoms with Crippen LogP contribution >= 0.6 is 0 Å². The highest BCUT2D eigenvalue weighted by atomic mass is 16.4. The van der Waals surface area contributed by atoms with Crippen LogP contribution in [0.5, 0.6) is 0 Å². The van der Waals surface area contributed by atoms with E-state index in [1.807, 2.05) is 18.2 Å². The molecule has 0 bridgehead atoms. The second kappa shape index (κ2) is 9.51. The first kappa shape index (κ1) is 17.7. The molecule has 2 aromatic rings. The van der Waals surface area contributed by atoms with Crippen LogP contribution in [-0.4, -0.2) is 24.5 Å². The average molecular weight is 315 g/mol. The van der Waals surface area contributed by atoms with Crippen molar-refractivity contribution < 1.29 is 4.42 Å². The minimum atomic E-state index is -0.278. The van der Waals surface area contributed by atoms with E-state index in [4.69, 9.17) is 4.42 Å². The van der Waals surface area contributed by atoms with E-state index >= 15 is 0 Å². The first-order valence-electron chi connectivity index (χ1n) is 8.98. The Morgan fingerprint density at radius 1 is 0.913 bits per heavy atom. The molecule has 2 rings (SSSR count). The Labute approximate surface area is 139 Å². The van der Waals surface area contributed by atoms with Crippen LogP contribution in [0.1, 0.15) is 51.5 Å². The van der Waals surface area contributed by atoms with Crippen molar-refractivity contribution in [3.63, 3.8) is 0 Å². The summed E-state index contributed by atoms with van der Waals surface area (Å²) in [5.74, 6) is 0. The van der Waals surface area contributed by atoms with Gasteiger partial charge in [0.15, 0.2) is 0 Å². The summed E-state index contributed by atoms with van der Waals surface area (Å²) in [6.45, 7) is 8.07. The first-order chi connectivity index (χ1) is 11.2. The van der Waals surface area contributed by atoms with E-state index in [9.17, 15) is 4.79 Å². The summed E-state index contributed by atoms with van der Waals surface area (Å²) in [4.78, 5) is 13.9. The van der Waals surface area contributed by atoms with Gasteiger partial charge in [0.2, 0.25) is 0 Å². The lowest BCUT2D eigenvalue weighted by Crippen LogP contribution is -2.27. The number of benzene rings is 1. The number of aryl methyl sites for hydroxylation is 1. The predicted molar refractivity (Wildman–Crippen MR) is 97.1 cm³/mol. The quantitative estimate of drug-likeness (QED) is 0.599. The molecule has 0 radical (unpaired) electrons. The third kappa shape index (κ3) is 5.83. The van der Waals surface area contributed by atoms with Crippen LogP contribution in [0.15, 0.2) is 39.5 Å². The average Bonchev–Trinajstić information content (AvgIpc) is 2.56. The van der Waals surface area contributed by atoms with Gasteiger partial charge in [-0.3, -0.25) is 0 Å². The van der Waals surface area contributed by atoms with Gasteiger partial charge >= 0.3 is 5.63 Å². The monoisotopic (exact) mass is 315 g/mol. The smallest absolute Gasteiger partial charge is 0.336 e. The molecule has 23 heavy (non-hydrogen) atoms. The number of fused-ring (bicyclic) bond motifs is 1. The summed E-state index contributed by atoms with van der Waals surface area (Å²) in [6, 6.07) is 9.49. The van der Waals surface area contributed by atoms with Gasteiger partial charge in [-0.2, -0.15) is 0 Å². The Morgan fingerprint density at radius 3 is 2.26 bits per heavy atom. The minimum Gasteiger partial charge on any atom is -0.423 e. The van der Waals surface area contributed by atoms with Crippen LogP contribution in [0.25, 0.3) is 11.0 Å². The van der Waals surface area contributed by atoms with Gasteiger partial charge in [0.25, 0.3) is 0 Å². The molecule has 0 unspecified atom stereocenters. The normalized spacial score (nSPS) is 11.4. The molecule has 126 valence electrons. The Balaban J connectivity index is 1.89. The van der Waals surface area contributed by atoms with Gasteiger partial charge in [0, 0.05) is 11.5 Å². The molecule has 1 aromatic carbocycles. The molecule has 0 saturated heterocycles. The zero-order valence-electron chi connectivity index (χ0n) is 14.5. The fourth-order valence-corrected chi connectivity index (χ4v) is 2.87. The highest BCUT2D eigenvalue weighted by Gasteiger charge is 2.05. The van der Waals surface area contributed by atoms with Crippen molar-refractivity contribution in [2.75, 3.05) is 19.6 Å². The molecule has 0 fully saturated rings. The molecule has 1 aromatic heterocycles. The van der Waals surface area contributed by atoms with Gasteiger partial charge in [-0.15, -0.1) is 0 Å². The van der Waals surface area contributed by atoms with E-state index < -0.39 is 0 Å². The zero-order chi connectivity index (χ0) is 16.5. The van der Waals surface area contributed by atoms with Crippen molar-refractivity contribution in [1.82, 2.24) is 4.90 Å². The van der Waals surface area contributed by atoms with Crippen molar-refractivity contribution >= 4 is 11.0 Å². The maximum absolute atomic E-state index is 11.3. The van der Waals surface area contributed by atoms with Gasteiger partial charge in [-0.1, -0.05) is 38.8 Å². The number of nitrogens with zero attached hydrogens (tertiary/aromatic N) is 1. The van der Waals surface area contributed by atoms with E-state index in [0.29, 0.717) is 5.58 Å². The molecule has 0 aliphatic rings. The fraction of sp³-hybridized carbons (Fsp3) is 0.550. The molecule has 0 amide bonds. The molecule has 1 heterocycles. The lowest BCUT2D eigenvalue weighted by molar-refractivity contribution is 0.262. The summed E-state index contributed by atoms with van der Waals surface area (Å²) in [7, 11) is 0. The number of hydrogen-bond donors (Lipinski definition) is 0. The van der Waals surface area contributed by atoms with Crippen molar-refractivity contribution in [2.24, 2.45) is 0 Å². The van der Waals surface area contributed by atoms with Crippen molar-refractivity contribution in [2.45, 2.75) is 52.4 Å². The predicted octanol–water partition coefficient (Wildman–Crippen LogP) is 4.63. The Hall–Kier alpha value is -1.61. The van der Waals surface area contributed by atoms with Crippen LogP contribution < -0.4 is 5.63 Å². The zero-order valence-corrected chi connectivity index (χ0v) is 14.5. The standard InChI is InChI=1S/C20H29NO2/c1-3-5-13-21(14-6-4-2)15-7-8-17-9-10-18-11-12-20(22)23-19(18)16-17/h9-12,16H,3-8,13-15H2,1-2H3. The largest absolute Gasteiger partial charge is 0.423 e. The second-order valence-corrected chi connectivity index (χ2v) is 6.28. The van der Waals surface area contributed by atoms with E-state index in [1.165, 1.54) is 50.4 Å². The third-order valence-corrected chi connectivity index (χ3v) is 4.28. The molecule has 0 aliphatic heterocycles. The summed E-state index contributed by atoms with van der Waals surface area (Å²) < 4.78 is 5.27. The fourth-order valence-electron chi connectivity index (χ4n) is 2.87.